The van der Waals surface area contributed by atoms with Crippen LogP contribution in [0.25, 0.3) is 0 Å². The zero-order valence-electron chi connectivity index (χ0n) is 11.2. The smallest absolute Gasteiger partial charge is 0.264 e. The van der Waals surface area contributed by atoms with Crippen molar-refractivity contribution in [3.63, 3.8) is 0 Å². The minimum absolute atomic E-state index is 0.0805. The van der Waals surface area contributed by atoms with Crippen LogP contribution >= 0.6 is 11.6 Å². The molecule has 0 bridgehead atoms. The molecule has 0 radical (unpaired) electrons. The summed E-state index contributed by atoms with van der Waals surface area (Å²) in [6, 6.07) is 11.7. The molecular formula is C14H15ClN2O2S. The predicted molar refractivity (Wildman–Crippen MR) is 82.6 cm³/mol. The average molecular weight is 311 g/mol. The maximum atomic E-state index is 12.6. The number of para-hydroxylation sites is 1. The Hall–Kier alpha value is -1.72. The molecule has 6 heteroatoms. The quantitative estimate of drug-likeness (QED) is 0.886. The van der Waals surface area contributed by atoms with E-state index < -0.39 is 10.0 Å². The van der Waals surface area contributed by atoms with Gasteiger partial charge in [0, 0.05) is 17.8 Å². The highest BCUT2D eigenvalue weighted by Crippen LogP contribution is 2.29. The van der Waals surface area contributed by atoms with E-state index in [4.69, 9.17) is 17.3 Å². The Morgan fingerprint density at radius 3 is 2.30 bits per heavy atom. The number of rotatable bonds is 3. The fourth-order valence-electron chi connectivity index (χ4n) is 1.76. The van der Waals surface area contributed by atoms with Crippen LogP contribution in [-0.2, 0) is 10.0 Å². The lowest BCUT2D eigenvalue weighted by Gasteiger charge is -2.20. The van der Waals surface area contributed by atoms with Crippen molar-refractivity contribution in [3.05, 3.63) is 53.1 Å². The van der Waals surface area contributed by atoms with Gasteiger partial charge in [-0.1, -0.05) is 29.8 Å². The second kappa shape index (κ2) is 5.34. The molecule has 2 rings (SSSR count). The molecule has 0 unspecified atom stereocenters. The molecule has 0 amide bonds. The van der Waals surface area contributed by atoms with Crippen LogP contribution in [0.4, 0.5) is 11.4 Å². The number of benzene rings is 2. The highest BCUT2D eigenvalue weighted by molar-refractivity contribution is 7.92. The van der Waals surface area contributed by atoms with Gasteiger partial charge in [-0.05, 0) is 36.8 Å². The van der Waals surface area contributed by atoms with Crippen molar-refractivity contribution in [3.8, 4) is 0 Å². The van der Waals surface area contributed by atoms with Gasteiger partial charge in [0.05, 0.1) is 10.6 Å². The number of anilines is 2. The number of halogens is 1. The number of sulfonamides is 1. The van der Waals surface area contributed by atoms with Crippen molar-refractivity contribution >= 4 is 33.0 Å². The zero-order valence-corrected chi connectivity index (χ0v) is 12.7. The van der Waals surface area contributed by atoms with E-state index in [0.717, 1.165) is 0 Å². The lowest BCUT2D eigenvalue weighted by atomic mass is 10.2. The molecule has 0 fully saturated rings. The number of nitrogen functional groups attached to an aromatic ring is 1. The van der Waals surface area contributed by atoms with Gasteiger partial charge in [-0.2, -0.15) is 0 Å². The van der Waals surface area contributed by atoms with Gasteiger partial charge in [-0.25, -0.2) is 8.42 Å². The number of hydrogen-bond donors (Lipinski definition) is 1. The first-order valence-corrected chi connectivity index (χ1v) is 7.75. The number of nitrogens with zero attached hydrogens (tertiary/aromatic N) is 1. The first kappa shape index (κ1) is 14.7. The fraction of sp³-hybridized carbons (Fsp3) is 0.143. The summed E-state index contributed by atoms with van der Waals surface area (Å²) < 4.78 is 26.3. The van der Waals surface area contributed by atoms with E-state index in [9.17, 15) is 8.42 Å². The van der Waals surface area contributed by atoms with Gasteiger partial charge in [0.1, 0.15) is 0 Å². The monoisotopic (exact) mass is 310 g/mol. The summed E-state index contributed by atoms with van der Waals surface area (Å²) >= 11 is 6.01. The van der Waals surface area contributed by atoms with Crippen molar-refractivity contribution in [2.24, 2.45) is 0 Å². The standard InChI is InChI=1S/C14H15ClN2O2S/c1-10-13(15)8-12(9-14(10)16)20(18,19)17(2)11-6-4-3-5-7-11/h3-9H,16H2,1-2H3. The molecule has 20 heavy (non-hydrogen) atoms. The molecule has 0 aromatic heterocycles. The summed E-state index contributed by atoms with van der Waals surface area (Å²) in [5, 5.41) is 0.338. The van der Waals surface area contributed by atoms with Crippen LogP contribution in [0.1, 0.15) is 5.56 Å². The van der Waals surface area contributed by atoms with Gasteiger partial charge in [0.15, 0.2) is 0 Å². The van der Waals surface area contributed by atoms with E-state index in [-0.39, 0.29) is 4.90 Å². The Kier molecular flexibility index (Phi) is 3.92. The fourth-order valence-corrected chi connectivity index (χ4v) is 3.31. The highest BCUT2D eigenvalue weighted by atomic mass is 35.5. The third-order valence-electron chi connectivity index (χ3n) is 3.14. The Bertz CT molecular complexity index is 707. The van der Waals surface area contributed by atoms with Crippen molar-refractivity contribution in [2.45, 2.75) is 11.8 Å². The number of nitrogens with two attached hydrogens (primary N) is 1. The van der Waals surface area contributed by atoms with E-state index in [1.807, 2.05) is 6.07 Å². The molecule has 2 aromatic rings. The summed E-state index contributed by atoms with van der Waals surface area (Å²) in [5.74, 6) is 0. The van der Waals surface area contributed by atoms with Crippen LogP contribution in [0.3, 0.4) is 0 Å². The predicted octanol–water partition coefficient (Wildman–Crippen LogP) is 3.06. The molecule has 0 aliphatic rings. The molecule has 0 heterocycles. The van der Waals surface area contributed by atoms with E-state index in [1.54, 1.807) is 31.2 Å². The number of hydrogen-bond acceptors (Lipinski definition) is 3. The van der Waals surface area contributed by atoms with Gasteiger partial charge in [0.2, 0.25) is 0 Å². The van der Waals surface area contributed by atoms with Crippen LogP contribution < -0.4 is 10.0 Å². The van der Waals surface area contributed by atoms with Gasteiger partial charge in [0.25, 0.3) is 10.0 Å². The molecule has 4 nitrogen and oxygen atoms in total. The van der Waals surface area contributed by atoms with Crippen LogP contribution in [0.15, 0.2) is 47.4 Å². The molecule has 0 aliphatic heterocycles. The largest absolute Gasteiger partial charge is 0.398 e. The summed E-state index contributed by atoms with van der Waals surface area (Å²) in [6.07, 6.45) is 0. The van der Waals surface area contributed by atoms with Crippen LogP contribution in [0, 0.1) is 6.92 Å². The van der Waals surface area contributed by atoms with Gasteiger partial charge in [-0.15, -0.1) is 0 Å². The third kappa shape index (κ3) is 2.59. The minimum atomic E-state index is -3.68. The normalized spacial score (nSPS) is 11.3. The van der Waals surface area contributed by atoms with E-state index in [1.165, 1.54) is 23.5 Å². The van der Waals surface area contributed by atoms with E-state index >= 15 is 0 Å². The Balaban J connectivity index is 2.51. The van der Waals surface area contributed by atoms with Crippen LogP contribution in [0.5, 0.6) is 0 Å². The molecular weight excluding hydrogens is 296 g/mol. The van der Waals surface area contributed by atoms with Gasteiger partial charge < -0.3 is 5.73 Å². The third-order valence-corrected chi connectivity index (χ3v) is 5.29. The molecule has 2 aromatic carbocycles. The lowest BCUT2D eigenvalue weighted by molar-refractivity contribution is 0.594. The second-order valence-corrected chi connectivity index (χ2v) is 6.80. The minimum Gasteiger partial charge on any atom is -0.398 e. The maximum Gasteiger partial charge on any atom is 0.264 e. The maximum absolute atomic E-state index is 12.6. The second-order valence-electron chi connectivity index (χ2n) is 4.43. The molecule has 0 atom stereocenters. The first-order valence-electron chi connectivity index (χ1n) is 5.93. The van der Waals surface area contributed by atoms with Crippen LogP contribution in [-0.4, -0.2) is 15.5 Å². The van der Waals surface area contributed by atoms with Crippen LogP contribution in [0.2, 0.25) is 5.02 Å². The molecule has 0 spiro atoms. The van der Waals surface area contributed by atoms with Crippen molar-refractivity contribution in [1.82, 2.24) is 0 Å². The summed E-state index contributed by atoms with van der Waals surface area (Å²) in [7, 11) is -2.19. The molecule has 0 saturated carbocycles. The average Bonchev–Trinajstić information content (AvgIpc) is 2.44. The summed E-state index contributed by atoms with van der Waals surface area (Å²) in [6.45, 7) is 1.75. The first-order chi connectivity index (χ1) is 9.34. The Morgan fingerprint density at radius 2 is 1.75 bits per heavy atom. The Morgan fingerprint density at radius 1 is 1.15 bits per heavy atom. The Labute approximate surface area is 123 Å². The van der Waals surface area contributed by atoms with E-state index in [2.05, 4.69) is 0 Å². The summed E-state index contributed by atoms with van der Waals surface area (Å²) in [5.41, 5.74) is 7.39. The van der Waals surface area contributed by atoms with Crippen molar-refractivity contribution in [1.29, 1.82) is 0 Å². The van der Waals surface area contributed by atoms with Crippen molar-refractivity contribution < 1.29 is 8.42 Å². The van der Waals surface area contributed by atoms with E-state index in [0.29, 0.717) is 22.0 Å². The summed E-state index contributed by atoms with van der Waals surface area (Å²) in [4.78, 5) is 0.0805. The van der Waals surface area contributed by atoms with Crippen molar-refractivity contribution in [2.75, 3.05) is 17.1 Å². The SMILES string of the molecule is Cc1c(N)cc(S(=O)(=O)N(C)c2ccccc2)cc1Cl. The molecule has 2 N–H and O–H groups in total. The molecule has 106 valence electrons. The molecule has 0 saturated heterocycles. The molecule has 0 aliphatic carbocycles. The topological polar surface area (TPSA) is 63.4 Å². The zero-order chi connectivity index (χ0) is 14.9. The lowest BCUT2D eigenvalue weighted by Crippen LogP contribution is -2.26. The highest BCUT2D eigenvalue weighted by Gasteiger charge is 2.22. The van der Waals surface area contributed by atoms with Gasteiger partial charge >= 0.3 is 0 Å². The van der Waals surface area contributed by atoms with Gasteiger partial charge in [-0.3, -0.25) is 4.31 Å².